The van der Waals surface area contributed by atoms with Gasteiger partial charge in [0.05, 0.1) is 0 Å². The molecule has 0 saturated heterocycles. The van der Waals surface area contributed by atoms with Crippen LogP contribution in [-0.2, 0) is 0 Å². The maximum atomic E-state index is 13.3. The van der Waals surface area contributed by atoms with Crippen molar-refractivity contribution in [3.05, 3.63) is 0 Å². The van der Waals surface area contributed by atoms with Crippen LogP contribution in [0.2, 0.25) is 0 Å². The number of rotatable bonds is 1. The minimum absolute atomic E-state index is 0.188. The van der Waals surface area contributed by atoms with Gasteiger partial charge in [0.25, 0.3) is 0 Å². The molecule has 1 aliphatic rings. The minimum Gasteiger partial charge on any atom is -0.237 e. The Bertz CT molecular complexity index is 203. The molecule has 1 atom stereocenters. The van der Waals surface area contributed by atoms with E-state index in [-0.39, 0.29) is 6.42 Å². The van der Waals surface area contributed by atoms with Gasteiger partial charge < -0.3 is 0 Å². The molecule has 0 amide bonds. The topological polar surface area (TPSA) is 0 Å². The molecule has 0 heterocycles. The van der Waals surface area contributed by atoms with E-state index in [2.05, 4.69) is 0 Å². The molecule has 0 aliphatic heterocycles. The van der Waals surface area contributed by atoms with E-state index < -0.39 is 36.8 Å². The second-order valence-corrected chi connectivity index (χ2v) is 3.45. The van der Waals surface area contributed by atoms with Crippen LogP contribution in [0.4, 0.5) is 22.0 Å². The predicted molar refractivity (Wildman–Crippen MR) is 60.6 cm³/mol. The van der Waals surface area contributed by atoms with E-state index in [0.717, 1.165) is 6.92 Å². The number of alkyl halides is 5. The van der Waals surface area contributed by atoms with Gasteiger partial charge in [-0.15, -0.1) is 0 Å². The minimum atomic E-state index is -4.52. The maximum Gasteiger partial charge on any atom is 0.343 e. The van der Waals surface area contributed by atoms with Crippen molar-refractivity contribution in [1.29, 1.82) is 0 Å². The lowest BCUT2D eigenvalue weighted by atomic mass is 9.78. The second kappa shape index (κ2) is 7.17. The van der Waals surface area contributed by atoms with E-state index in [4.69, 9.17) is 0 Å². The highest BCUT2D eigenvalue weighted by Crippen LogP contribution is 2.54. The largest absolute Gasteiger partial charge is 0.343 e. The van der Waals surface area contributed by atoms with Gasteiger partial charge in [-0.2, -0.15) is 17.6 Å². The molecular weight excluding hydrogens is 239 g/mol. The fraction of sp³-hybridized carbons (Fsp3) is 1.00. The fourth-order valence-corrected chi connectivity index (χ4v) is 1.63. The standard InChI is InChI=1S/C8H11F5.2C2H6/c1-2-6(9)4-3-5-7(10,11)8(6,12)13;2*1-2/h2-5H2,1H3;2*1-2H3. The summed E-state index contributed by atoms with van der Waals surface area (Å²) >= 11 is 0. The van der Waals surface area contributed by atoms with E-state index in [1.165, 1.54) is 0 Å². The van der Waals surface area contributed by atoms with Crippen molar-refractivity contribution in [2.24, 2.45) is 0 Å². The van der Waals surface area contributed by atoms with Gasteiger partial charge >= 0.3 is 11.8 Å². The quantitative estimate of drug-likeness (QED) is 0.539. The van der Waals surface area contributed by atoms with Crippen LogP contribution in [0, 0.1) is 0 Å². The zero-order valence-electron chi connectivity index (χ0n) is 11.2. The smallest absolute Gasteiger partial charge is 0.237 e. The zero-order valence-corrected chi connectivity index (χ0v) is 11.2. The molecule has 0 aromatic carbocycles. The Morgan fingerprint density at radius 2 is 1.24 bits per heavy atom. The molecule has 0 radical (unpaired) electrons. The normalized spacial score (nSPS) is 29.3. The number of halogens is 5. The third kappa shape index (κ3) is 3.55. The Labute approximate surface area is 101 Å². The lowest BCUT2D eigenvalue weighted by molar-refractivity contribution is -0.292. The fourth-order valence-electron chi connectivity index (χ4n) is 1.63. The Morgan fingerprint density at radius 3 is 1.53 bits per heavy atom. The molecule has 0 aromatic rings. The first-order chi connectivity index (χ1) is 7.77. The molecular formula is C12H23F5. The van der Waals surface area contributed by atoms with Gasteiger partial charge in [0.2, 0.25) is 0 Å². The highest BCUT2D eigenvalue weighted by Gasteiger charge is 2.70. The highest BCUT2D eigenvalue weighted by atomic mass is 19.3. The summed E-state index contributed by atoms with van der Waals surface area (Å²) in [5.41, 5.74) is -3.03. The molecule has 0 N–H and O–H groups in total. The van der Waals surface area contributed by atoms with Crippen molar-refractivity contribution >= 4 is 0 Å². The summed E-state index contributed by atoms with van der Waals surface area (Å²) in [7, 11) is 0. The Kier molecular flexibility index (Phi) is 8.01. The lowest BCUT2D eigenvalue weighted by Crippen LogP contribution is -2.58. The first kappa shape index (κ1) is 19.0. The Morgan fingerprint density at radius 1 is 0.824 bits per heavy atom. The summed E-state index contributed by atoms with van der Waals surface area (Å²) in [6.07, 6.45) is -2.17. The van der Waals surface area contributed by atoms with Crippen molar-refractivity contribution in [3.63, 3.8) is 0 Å². The van der Waals surface area contributed by atoms with Crippen LogP contribution < -0.4 is 0 Å². The summed E-state index contributed by atoms with van der Waals surface area (Å²) in [4.78, 5) is 0. The molecule has 0 nitrogen and oxygen atoms in total. The van der Waals surface area contributed by atoms with Crippen molar-refractivity contribution in [2.75, 3.05) is 0 Å². The monoisotopic (exact) mass is 262 g/mol. The van der Waals surface area contributed by atoms with Crippen LogP contribution in [0.15, 0.2) is 0 Å². The first-order valence-corrected chi connectivity index (χ1v) is 6.21. The maximum absolute atomic E-state index is 13.3. The van der Waals surface area contributed by atoms with Gasteiger partial charge in [0.15, 0.2) is 5.67 Å². The summed E-state index contributed by atoms with van der Waals surface area (Å²) in [6, 6.07) is 0. The van der Waals surface area contributed by atoms with E-state index in [9.17, 15) is 22.0 Å². The van der Waals surface area contributed by atoms with Gasteiger partial charge in [-0.3, -0.25) is 0 Å². The molecule has 0 spiro atoms. The molecule has 1 saturated carbocycles. The van der Waals surface area contributed by atoms with E-state index in [1.807, 2.05) is 27.7 Å². The molecule has 1 aliphatic carbocycles. The van der Waals surface area contributed by atoms with Crippen LogP contribution in [0.1, 0.15) is 60.3 Å². The van der Waals surface area contributed by atoms with Crippen LogP contribution in [0.5, 0.6) is 0 Å². The molecule has 17 heavy (non-hydrogen) atoms. The lowest BCUT2D eigenvalue weighted by Gasteiger charge is -2.41. The van der Waals surface area contributed by atoms with Crippen molar-refractivity contribution in [3.8, 4) is 0 Å². The van der Waals surface area contributed by atoms with Crippen LogP contribution in [0.3, 0.4) is 0 Å². The Balaban J connectivity index is 0. The summed E-state index contributed by atoms with van der Waals surface area (Å²) < 4.78 is 64.5. The molecule has 0 aromatic heterocycles. The zero-order chi connectivity index (χ0) is 14.3. The summed E-state index contributed by atoms with van der Waals surface area (Å²) in [6.45, 7) is 9.16. The highest BCUT2D eigenvalue weighted by molar-refractivity contribution is 5.04. The van der Waals surface area contributed by atoms with Crippen molar-refractivity contribution in [2.45, 2.75) is 77.8 Å². The van der Waals surface area contributed by atoms with Gasteiger partial charge in [0, 0.05) is 6.42 Å². The second-order valence-electron chi connectivity index (χ2n) is 3.45. The van der Waals surface area contributed by atoms with Gasteiger partial charge in [0.1, 0.15) is 0 Å². The SMILES string of the molecule is CC.CC.CCC1(F)CCCC(F)(F)C1(F)F. The molecule has 1 rings (SSSR count). The van der Waals surface area contributed by atoms with Crippen LogP contribution in [-0.4, -0.2) is 17.5 Å². The van der Waals surface area contributed by atoms with Crippen molar-refractivity contribution in [1.82, 2.24) is 0 Å². The van der Waals surface area contributed by atoms with E-state index >= 15 is 0 Å². The molecule has 5 heteroatoms. The number of hydrogen-bond donors (Lipinski definition) is 0. The third-order valence-corrected chi connectivity index (χ3v) is 2.65. The molecule has 0 bridgehead atoms. The van der Waals surface area contributed by atoms with Gasteiger partial charge in [-0.1, -0.05) is 34.6 Å². The third-order valence-electron chi connectivity index (χ3n) is 2.65. The number of hydrogen-bond acceptors (Lipinski definition) is 0. The average molecular weight is 262 g/mol. The molecule has 1 fully saturated rings. The van der Waals surface area contributed by atoms with Gasteiger partial charge in [-0.05, 0) is 19.3 Å². The average Bonchev–Trinajstić information content (AvgIpc) is 2.32. The Hall–Kier alpha value is -0.350. The summed E-state index contributed by atoms with van der Waals surface area (Å²) in [5.74, 6) is -8.72. The summed E-state index contributed by atoms with van der Waals surface area (Å²) in [5, 5.41) is 0. The van der Waals surface area contributed by atoms with Crippen molar-refractivity contribution < 1.29 is 22.0 Å². The van der Waals surface area contributed by atoms with E-state index in [0.29, 0.717) is 0 Å². The molecule has 106 valence electrons. The van der Waals surface area contributed by atoms with Crippen LogP contribution in [0.25, 0.3) is 0 Å². The molecule has 1 unspecified atom stereocenters. The first-order valence-electron chi connectivity index (χ1n) is 6.21. The van der Waals surface area contributed by atoms with Gasteiger partial charge in [-0.25, -0.2) is 4.39 Å². The van der Waals surface area contributed by atoms with E-state index in [1.54, 1.807) is 0 Å². The predicted octanol–water partition coefficient (Wildman–Crippen LogP) is 5.61. The van der Waals surface area contributed by atoms with Crippen LogP contribution >= 0.6 is 0 Å².